The molecular formula is C22H24N4O3S. The number of aromatic nitrogens is 1. The van der Waals surface area contributed by atoms with Gasteiger partial charge in [-0.15, -0.1) is 11.8 Å². The van der Waals surface area contributed by atoms with Crippen molar-refractivity contribution in [1.29, 1.82) is 0 Å². The van der Waals surface area contributed by atoms with Crippen LogP contribution in [0.15, 0.2) is 48.8 Å². The van der Waals surface area contributed by atoms with Crippen LogP contribution in [0.1, 0.15) is 48.5 Å². The lowest BCUT2D eigenvalue weighted by molar-refractivity contribution is -0.132. The van der Waals surface area contributed by atoms with E-state index in [0.29, 0.717) is 11.3 Å². The molecule has 2 aliphatic heterocycles. The summed E-state index contributed by atoms with van der Waals surface area (Å²) >= 11 is 1.62. The molecule has 7 nitrogen and oxygen atoms in total. The number of carbonyl (C=O) groups is 3. The fourth-order valence-corrected chi connectivity index (χ4v) is 5.75. The third-order valence-corrected chi connectivity index (χ3v) is 7.67. The number of hydrogen-bond donors (Lipinski definition) is 2. The Hall–Kier alpha value is -2.87. The van der Waals surface area contributed by atoms with E-state index in [-0.39, 0.29) is 36.1 Å². The van der Waals surface area contributed by atoms with Crippen molar-refractivity contribution in [1.82, 2.24) is 15.2 Å². The number of amides is 3. The predicted octanol–water partition coefficient (Wildman–Crippen LogP) is 2.97. The molecule has 1 saturated heterocycles. The summed E-state index contributed by atoms with van der Waals surface area (Å²) in [6.45, 7) is 5.97. The Labute approximate surface area is 179 Å². The monoisotopic (exact) mass is 424 g/mol. The van der Waals surface area contributed by atoms with Crippen LogP contribution in [0.3, 0.4) is 0 Å². The first kappa shape index (κ1) is 20.4. The summed E-state index contributed by atoms with van der Waals surface area (Å²) in [7, 11) is 0. The van der Waals surface area contributed by atoms with Crippen molar-refractivity contribution in [3.63, 3.8) is 0 Å². The fraction of sp³-hybridized carbons (Fsp3) is 0.364. The van der Waals surface area contributed by atoms with E-state index in [2.05, 4.69) is 15.6 Å². The van der Waals surface area contributed by atoms with Crippen LogP contribution in [-0.4, -0.2) is 44.4 Å². The summed E-state index contributed by atoms with van der Waals surface area (Å²) in [6, 6.07) is 11.0. The molecule has 156 valence electrons. The molecule has 1 unspecified atom stereocenters. The van der Waals surface area contributed by atoms with Crippen molar-refractivity contribution < 1.29 is 14.4 Å². The van der Waals surface area contributed by atoms with Gasteiger partial charge in [-0.25, -0.2) is 0 Å². The second-order valence-corrected chi connectivity index (χ2v) is 9.81. The molecule has 0 bridgehead atoms. The van der Waals surface area contributed by atoms with Crippen LogP contribution in [0.4, 0.5) is 5.69 Å². The maximum atomic E-state index is 13.3. The van der Waals surface area contributed by atoms with Gasteiger partial charge >= 0.3 is 0 Å². The topological polar surface area (TPSA) is 91.4 Å². The standard InChI is InChI=1S/C22H24N4O3S/c1-21(2)22(3,26-18(28)15-8-4-5-9-16(15)19(26)30-21)20(29)24-12-10-17(27)25-14-7-6-11-23-13-14/h4-9,11,13,19H,10,12H2,1-3H3,(H,24,29)(H,25,27)/t19?,22-/m1/s1. The summed E-state index contributed by atoms with van der Waals surface area (Å²) in [5.74, 6) is -0.588. The zero-order valence-electron chi connectivity index (χ0n) is 17.1. The number of nitrogens with one attached hydrogen (secondary N) is 2. The first-order valence-corrected chi connectivity index (χ1v) is 10.7. The largest absolute Gasteiger partial charge is 0.354 e. The minimum atomic E-state index is -1.04. The molecule has 0 spiro atoms. The molecular weight excluding hydrogens is 400 g/mol. The molecule has 0 aliphatic carbocycles. The Morgan fingerprint density at radius 1 is 1.17 bits per heavy atom. The van der Waals surface area contributed by atoms with Gasteiger partial charge in [0, 0.05) is 29.5 Å². The lowest BCUT2D eigenvalue weighted by Crippen LogP contribution is -2.63. The van der Waals surface area contributed by atoms with Crippen molar-refractivity contribution in [2.24, 2.45) is 0 Å². The van der Waals surface area contributed by atoms with Crippen LogP contribution < -0.4 is 10.6 Å². The second-order valence-electron chi connectivity index (χ2n) is 8.11. The van der Waals surface area contributed by atoms with Crippen molar-refractivity contribution in [2.45, 2.75) is 42.9 Å². The van der Waals surface area contributed by atoms with Crippen LogP contribution in [-0.2, 0) is 9.59 Å². The van der Waals surface area contributed by atoms with Gasteiger partial charge in [0.25, 0.3) is 5.91 Å². The van der Waals surface area contributed by atoms with Crippen molar-refractivity contribution >= 4 is 35.2 Å². The number of benzene rings is 1. The molecule has 2 N–H and O–H groups in total. The van der Waals surface area contributed by atoms with Crippen LogP contribution in [0.25, 0.3) is 0 Å². The van der Waals surface area contributed by atoms with Crippen molar-refractivity contribution in [3.8, 4) is 0 Å². The Balaban J connectivity index is 1.45. The molecule has 2 atom stereocenters. The maximum Gasteiger partial charge on any atom is 0.256 e. The third kappa shape index (κ3) is 3.15. The van der Waals surface area contributed by atoms with E-state index in [1.165, 1.54) is 0 Å². The summed E-state index contributed by atoms with van der Waals surface area (Å²) in [5.41, 5.74) is 1.17. The molecule has 8 heteroatoms. The highest BCUT2D eigenvalue weighted by atomic mass is 32.2. The van der Waals surface area contributed by atoms with E-state index in [0.717, 1.165) is 5.56 Å². The van der Waals surface area contributed by atoms with Crippen LogP contribution >= 0.6 is 11.8 Å². The first-order chi connectivity index (χ1) is 14.3. The van der Waals surface area contributed by atoms with Gasteiger partial charge in [0.05, 0.1) is 11.9 Å². The van der Waals surface area contributed by atoms with E-state index in [1.807, 2.05) is 45.0 Å². The van der Waals surface area contributed by atoms with Gasteiger partial charge in [0.1, 0.15) is 10.9 Å². The first-order valence-electron chi connectivity index (χ1n) is 9.84. The van der Waals surface area contributed by atoms with E-state index in [4.69, 9.17) is 0 Å². The lowest BCUT2D eigenvalue weighted by atomic mass is 9.84. The predicted molar refractivity (Wildman–Crippen MR) is 116 cm³/mol. The quantitative estimate of drug-likeness (QED) is 0.770. The van der Waals surface area contributed by atoms with E-state index in [9.17, 15) is 14.4 Å². The normalized spacial score (nSPS) is 23.6. The molecule has 3 heterocycles. The number of carbonyl (C=O) groups excluding carboxylic acids is 3. The van der Waals surface area contributed by atoms with Gasteiger partial charge in [-0.3, -0.25) is 19.4 Å². The molecule has 2 aromatic rings. The van der Waals surface area contributed by atoms with Gasteiger partial charge in [0.15, 0.2) is 0 Å². The Morgan fingerprint density at radius 3 is 2.67 bits per heavy atom. The highest BCUT2D eigenvalue weighted by molar-refractivity contribution is 8.01. The van der Waals surface area contributed by atoms with Gasteiger partial charge < -0.3 is 15.5 Å². The highest BCUT2D eigenvalue weighted by Gasteiger charge is 2.65. The zero-order valence-corrected chi connectivity index (χ0v) is 18.0. The van der Waals surface area contributed by atoms with Crippen LogP contribution in [0.2, 0.25) is 0 Å². The van der Waals surface area contributed by atoms with E-state index in [1.54, 1.807) is 41.2 Å². The Morgan fingerprint density at radius 2 is 1.93 bits per heavy atom. The minimum absolute atomic E-state index is 0.124. The molecule has 1 aromatic heterocycles. The number of pyridine rings is 1. The Bertz CT molecular complexity index is 1010. The number of rotatable bonds is 5. The minimum Gasteiger partial charge on any atom is -0.354 e. The summed E-state index contributed by atoms with van der Waals surface area (Å²) in [6.07, 6.45) is 3.32. The van der Waals surface area contributed by atoms with E-state index >= 15 is 0 Å². The number of anilines is 1. The maximum absolute atomic E-state index is 13.3. The fourth-order valence-electron chi connectivity index (χ4n) is 4.02. The summed E-state index contributed by atoms with van der Waals surface area (Å²) in [5, 5.41) is 5.43. The molecule has 1 aromatic carbocycles. The highest BCUT2D eigenvalue weighted by Crippen LogP contribution is 2.61. The summed E-state index contributed by atoms with van der Waals surface area (Å²) < 4.78 is -0.497. The number of thioether (sulfide) groups is 1. The number of nitrogens with zero attached hydrogens (tertiary/aromatic N) is 2. The molecule has 0 saturated carbocycles. The molecule has 4 rings (SSSR count). The smallest absolute Gasteiger partial charge is 0.256 e. The van der Waals surface area contributed by atoms with E-state index < -0.39 is 10.3 Å². The number of hydrogen-bond acceptors (Lipinski definition) is 5. The van der Waals surface area contributed by atoms with Gasteiger partial charge in [-0.1, -0.05) is 18.2 Å². The third-order valence-electron chi connectivity index (χ3n) is 6.00. The SMILES string of the molecule is CC1(C)SC2c3ccccc3C(=O)N2[C@]1(C)C(=O)NCCC(=O)Nc1cccnc1. The van der Waals surface area contributed by atoms with Gasteiger partial charge in [0.2, 0.25) is 11.8 Å². The van der Waals surface area contributed by atoms with Gasteiger partial charge in [-0.05, 0) is 44.5 Å². The van der Waals surface area contributed by atoms with Gasteiger partial charge in [-0.2, -0.15) is 0 Å². The molecule has 30 heavy (non-hydrogen) atoms. The number of fused-ring (bicyclic) bond motifs is 3. The molecule has 2 aliphatic rings. The molecule has 3 amide bonds. The summed E-state index contributed by atoms with van der Waals surface area (Å²) in [4.78, 5) is 44.2. The van der Waals surface area contributed by atoms with Crippen LogP contribution in [0, 0.1) is 0 Å². The average molecular weight is 425 g/mol. The molecule has 0 radical (unpaired) electrons. The van der Waals surface area contributed by atoms with Crippen LogP contribution in [0.5, 0.6) is 0 Å². The average Bonchev–Trinajstić information content (AvgIpc) is 3.11. The lowest BCUT2D eigenvalue weighted by Gasteiger charge is -2.40. The Kier molecular flexibility index (Phi) is 5.05. The zero-order chi connectivity index (χ0) is 21.5. The van der Waals surface area contributed by atoms with Crippen molar-refractivity contribution in [2.75, 3.05) is 11.9 Å². The van der Waals surface area contributed by atoms with Crippen molar-refractivity contribution in [3.05, 3.63) is 59.9 Å². The molecule has 1 fully saturated rings. The second kappa shape index (κ2) is 7.43.